The minimum absolute atomic E-state index is 0.740. The second-order valence-electron chi connectivity index (χ2n) is 5.85. The van der Waals surface area contributed by atoms with Crippen LogP contribution in [-0.2, 0) is 0 Å². The van der Waals surface area contributed by atoms with Crippen molar-refractivity contribution in [3.63, 3.8) is 0 Å². The number of unbranched alkanes of at least 4 members (excludes halogenated alkanes) is 3. The largest absolute Gasteiger partial charge is 0.0729 e. The topological polar surface area (TPSA) is 0 Å². The summed E-state index contributed by atoms with van der Waals surface area (Å²) in [5.41, 5.74) is 0. The SMILES string of the molecule is CCCC[P+](CCCC)(CCCC)Pc1ccccc1. The zero-order chi connectivity index (χ0) is 14.7. The Morgan fingerprint density at radius 1 is 0.750 bits per heavy atom. The van der Waals surface area contributed by atoms with Crippen molar-refractivity contribution in [2.24, 2.45) is 0 Å². The summed E-state index contributed by atoms with van der Waals surface area (Å²) in [6, 6.07) is 11.3. The first-order chi connectivity index (χ1) is 9.76. The molecule has 0 heterocycles. The maximum absolute atomic E-state index is 2.36. The summed E-state index contributed by atoms with van der Waals surface area (Å²) in [4.78, 5) is 0. The van der Waals surface area contributed by atoms with Crippen molar-refractivity contribution >= 4 is 20.5 Å². The molecule has 1 aromatic carbocycles. The molecule has 0 fully saturated rings. The van der Waals surface area contributed by atoms with Crippen molar-refractivity contribution in [2.45, 2.75) is 59.3 Å². The Labute approximate surface area is 129 Å². The summed E-state index contributed by atoms with van der Waals surface area (Å²) in [5.74, 6) is 0. The molecular formula is C18H33P2+. The van der Waals surface area contributed by atoms with Crippen molar-refractivity contribution in [3.8, 4) is 0 Å². The van der Waals surface area contributed by atoms with Gasteiger partial charge in [-0.3, -0.25) is 0 Å². The third kappa shape index (κ3) is 6.69. The average Bonchev–Trinajstić information content (AvgIpc) is 2.49. The Bertz CT molecular complexity index is 313. The average molecular weight is 311 g/mol. The lowest BCUT2D eigenvalue weighted by Gasteiger charge is -2.27. The van der Waals surface area contributed by atoms with E-state index in [-0.39, 0.29) is 0 Å². The molecule has 0 nitrogen and oxygen atoms in total. The number of benzene rings is 1. The molecular weight excluding hydrogens is 278 g/mol. The molecule has 0 amide bonds. The number of hydrogen-bond donors (Lipinski definition) is 0. The van der Waals surface area contributed by atoms with Gasteiger partial charge in [0.1, 0.15) is 0 Å². The Kier molecular flexibility index (Phi) is 9.75. The van der Waals surface area contributed by atoms with E-state index < -0.39 is 6.95 Å². The lowest BCUT2D eigenvalue weighted by molar-refractivity contribution is 0.844. The first kappa shape index (κ1) is 18.1. The van der Waals surface area contributed by atoms with Crippen LogP contribution in [0.3, 0.4) is 0 Å². The summed E-state index contributed by atoms with van der Waals surface area (Å²) >= 11 is 0. The van der Waals surface area contributed by atoms with E-state index in [1.165, 1.54) is 57.0 Å². The van der Waals surface area contributed by atoms with Gasteiger partial charge in [-0.2, -0.15) is 0 Å². The molecule has 0 saturated carbocycles. The zero-order valence-electron chi connectivity index (χ0n) is 13.7. The predicted molar refractivity (Wildman–Crippen MR) is 101 cm³/mol. The van der Waals surface area contributed by atoms with Gasteiger partial charge in [-0.15, -0.1) is 0 Å². The van der Waals surface area contributed by atoms with E-state index in [9.17, 15) is 0 Å². The molecule has 0 spiro atoms. The van der Waals surface area contributed by atoms with E-state index in [0.717, 1.165) is 8.27 Å². The van der Waals surface area contributed by atoms with Crippen molar-refractivity contribution in [3.05, 3.63) is 30.3 Å². The second kappa shape index (κ2) is 10.8. The fraction of sp³-hybridized carbons (Fsp3) is 0.667. The first-order valence-corrected chi connectivity index (χ1v) is 12.6. The summed E-state index contributed by atoms with van der Waals surface area (Å²) in [6.45, 7) is 6.30. The van der Waals surface area contributed by atoms with Crippen LogP contribution in [0.4, 0.5) is 0 Å². The highest BCUT2D eigenvalue weighted by atomic mass is 32.1. The third-order valence-corrected chi connectivity index (χ3v) is 12.8. The van der Waals surface area contributed by atoms with Crippen molar-refractivity contribution < 1.29 is 0 Å². The highest BCUT2D eigenvalue weighted by Crippen LogP contribution is 2.74. The zero-order valence-corrected chi connectivity index (χ0v) is 15.6. The summed E-state index contributed by atoms with van der Waals surface area (Å²) in [5, 5.41) is 1.61. The molecule has 0 radical (unpaired) electrons. The van der Waals surface area contributed by atoms with Gasteiger partial charge in [0, 0.05) is 12.3 Å². The Balaban J connectivity index is 2.81. The van der Waals surface area contributed by atoms with Crippen LogP contribution in [0.2, 0.25) is 0 Å². The molecule has 2 heteroatoms. The van der Waals surface area contributed by atoms with E-state index in [4.69, 9.17) is 0 Å². The van der Waals surface area contributed by atoms with Gasteiger partial charge in [-0.25, -0.2) is 0 Å². The molecule has 0 aliphatic heterocycles. The van der Waals surface area contributed by atoms with Crippen LogP contribution < -0.4 is 5.30 Å². The lowest BCUT2D eigenvalue weighted by Crippen LogP contribution is -2.08. The summed E-state index contributed by atoms with van der Waals surface area (Å²) in [6.07, 6.45) is 13.0. The van der Waals surface area contributed by atoms with Crippen LogP contribution in [0, 0.1) is 0 Å². The third-order valence-electron chi connectivity index (χ3n) is 3.96. The lowest BCUT2D eigenvalue weighted by atomic mass is 10.4. The maximum Gasteiger partial charge on any atom is 0.0729 e. The molecule has 1 atom stereocenters. The van der Waals surface area contributed by atoms with E-state index in [1.54, 1.807) is 5.30 Å². The van der Waals surface area contributed by atoms with E-state index in [1.807, 2.05) is 0 Å². The Morgan fingerprint density at radius 3 is 1.60 bits per heavy atom. The van der Waals surface area contributed by atoms with Gasteiger partial charge in [-0.1, -0.05) is 70.4 Å². The maximum atomic E-state index is 2.36. The summed E-state index contributed by atoms with van der Waals surface area (Å²) in [7, 11) is 1.11. The van der Waals surface area contributed by atoms with Crippen LogP contribution >= 0.6 is 15.2 Å². The molecule has 0 saturated heterocycles. The molecule has 1 rings (SSSR count). The van der Waals surface area contributed by atoms with Crippen molar-refractivity contribution in [1.29, 1.82) is 0 Å². The molecule has 0 aromatic heterocycles. The molecule has 114 valence electrons. The van der Waals surface area contributed by atoms with E-state index in [2.05, 4.69) is 51.1 Å². The van der Waals surface area contributed by atoms with Crippen LogP contribution in [0.15, 0.2) is 30.3 Å². The fourth-order valence-corrected chi connectivity index (χ4v) is 11.9. The van der Waals surface area contributed by atoms with Gasteiger partial charge in [0.25, 0.3) is 0 Å². The smallest absolute Gasteiger partial charge is 0.0652 e. The molecule has 20 heavy (non-hydrogen) atoms. The minimum Gasteiger partial charge on any atom is -0.0652 e. The highest BCUT2D eigenvalue weighted by molar-refractivity contribution is 8.34. The van der Waals surface area contributed by atoms with Gasteiger partial charge in [-0.05, 0) is 19.3 Å². The molecule has 0 N–H and O–H groups in total. The fourth-order valence-electron chi connectivity index (χ4n) is 2.67. The Morgan fingerprint density at radius 2 is 1.20 bits per heavy atom. The van der Waals surface area contributed by atoms with Crippen LogP contribution in [0.1, 0.15) is 59.3 Å². The normalized spacial score (nSPS) is 12.3. The van der Waals surface area contributed by atoms with E-state index >= 15 is 0 Å². The van der Waals surface area contributed by atoms with Crippen molar-refractivity contribution in [1.82, 2.24) is 0 Å². The van der Waals surface area contributed by atoms with E-state index in [0.29, 0.717) is 0 Å². The summed E-state index contributed by atoms with van der Waals surface area (Å²) < 4.78 is 0. The van der Waals surface area contributed by atoms with Gasteiger partial charge in [0.15, 0.2) is 0 Å². The van der Waals surface area contributed by atoms with Crippen LogP contribution in [0.25, 0.3) is 0 Å². The monoisotopic (exact) mass is 311 g/mol. The first-order valence-electron chi connectivity index (χ1n) is 8.45. The standard InChI is InChI=1S/C18H33P2/c1-4-7-15-20(16-8-5-2,17-9-6-3)19-18-13-11-10-12-14-18/h10-14,19H,4-9,15-17H2,1-3H3/q+1. The van der Waals surface area contributed by atoms with Crippen molar-refractivity contribution in [2.75, 3.05) is 18.5 Å². The molecule has 0 bridgehead atoms. The highest BCUT2D eigenvalue weighted by Gasteiger charge is 2.35. The molecule has 1 unspecified atom stereocenters. The molecule has 0 aliphatic rings. The number of hydrogen-bond acceptors (Lipinski definition) is 0. The van der Waals surface area contributed by atoms with Gasteiger partial charge in [0.2, 0.25) is 0 Å². The predicted octanol–water partition coefficient (Wildman–Crippen LogP) is 6.32. The number of rotatable bonds is 11. The van der Waals surface area contributed by atoms with Gasteiger partial charge >= 0.3 is 0 Å². The molecule has 1 aromatic rings. The quantitative estimate of drug-likeness (QED) is 0.419. The van der Waals surface area contributed by atoms with Gasteiger partial charge < -0.3 is 0 Å². The van der Waals surface area contributed by atoms with Gasteiger partial charge in [0.05, 0.1) is 26.8 Å². The second-order valence-corrected chi connectivity index (χ2v) is 13.8. The molecule has 0 aliphatic carbocycles. The van der Waals surface area contributed by atoms with Crippen LogP contribution in [0.5, 0.6) is 0 Å². The van der Waals surface area contributed by atoms with Crippen LogP contribution in [-0.4, -0.2) is 18.5 Å². The minimum atomic E-state index is -0.740. The Hall–Kier alpha value is 0.0800.